The SMILES string of the molecule is CP.CP.C[CH-]CC.C[CH-]CC.[Cl][Ti][Cl].[Ti+2].[Ti].[Ti].[Ti].[Ti]. The molecule has 0 rings (SSSR count). The van der Waals surface area contributed by atoms with Crippen molar-refractivity contribution in [3.63, 3.8) is 0 Å². The van der Waals surface area contributed by atoms with Crippen molar-refractivity contribution in [3.8, 4) is 0 Å². The molecule has 0 aromatic heterocycles. The molecule has 0 spiro atoms. The fourth-order valence-electron chi connectivity index (χ4n) is 0. The standard InChI is InChI=1S/2C4H9.2CH5P.2ClH.6Ti/c2*1-3-4-2;2*1-2;;;;;;;;/h2*3H,4H2,1-2H3;2*2H2,1H3;2*1H;;;;;;/q2*-1;;;;;;;;;2*+2/p-2. The molecule has 0 heterocycles. The van der Waals surface area contributed by atoms with Gasteiger partial charge in [-0.2, -0.15) is 26.7 Å². The van der Waals surface area contributed by atoms with Gasteiger partial charge in [-0.3, -0.25) is 0 Å². The smallest absolute Gasteiger partial charge is 0 e. The molecule has 0 nitrogen and oxygen atoms in total. The van der Waals surface area contributed by atoms with Gasteiger partial charge in [0.15, 0.2) is 0 Å². The van der Waals surface area contributed by atoms with Crippen LogP contribution in [0, 0.1) is 12.8 Å². The summed E-state index contributed by atoms with van der Waals surface area (Å²) in [6.45, 7) is 12.2. The predicted octanol–water partition coefficient (Wildman–Crippen LogP) is 5.59. The van der Waals surface area contributed by atoms with Crippen LogP contribution in [0.4, 0.5) is 0 Å². The Kier molecular flexibility index (Phi) is 385. The number of unbranched alkanes of at least 4 members (excludes halogenated alkanes) is 2. The minimum atomic E-state index is -0.556. The average molecular weight is 568 g/mol. The summed E-state index contributed by atoms with van der Waals surface area (Å²) < 4.78 is 0. The van der Waals surface area contributed by atoms with E-state index >= 15 is 0 Å². The molecule has 0 radical (unpaired) electrons. The van der Waals surface area contributed by atoms with Gasteiger partial charge in [0.2, 0.25) is 0 Å². The molecule has 0 aliphatic heterocycles. The summed E-state index contributed by atoms with van der Waals surface area (Å²) in [6.07, 6.45) is 6.64. The Bertz CT molecular complexity index is 48.9. The third-order valence-electron chi connectivity index (χ3n) is 0.816. The minimum absolute atomic E-state index is 0. The Labute approximate surface area is 225 Å². The van der Waals surface area contributed by atoms with E-state index in [0.29, 0.717) is 0 Å². The molecule has 0 aliphatic rings. The Morgan fingerprint density at radius 1 is 0.750 bits per heavy atom. The molecule has 0 saturated carbocycles. The van der Waals surface area contributed by atoms with Crippen LogP contribution in [0.5, 0.6) is 0 Å². The molecule has 0 fully saturated rings. The maximum atomic E-state index is 4.89. The normalized spacial score (nSPS) is 4.30. The third-order valence-corrected chi connectivity index (χ3v) is 0.816. The van der Waals surface area contributed by atoms with Crippen LogP contribution in [0.15, 0.2) is 0 Å². The van der Waals surface area contributed by atoms with Crippen molar-refractivity contribution >= 4 is 37.1 Å². The third kappa shape index (κ3) is 205. The van der Waals surface area contributed by atoms with E-state index in [4.69, 9.17) is 18.6 Å². The van der Waals surface area contributed by atoms with E-state index in [2.05, 4.69) is 59.0 Å². The summed E-state index contributed by atoms with van der Waals surface area (Å²) >= 11 is -0.556. The molecule has 0 aromatic carbocycles. The van der Waals surface area contributed by atoms with E-state index in [-0.39, 0.29) is 109 Å². The number of hydrogen-bond acceptors (Lipinski definition) is 0. The second-order valence-electron chi connectivity index (χ2n) is 1.70. The van der Waals surface area contributed by atoms with Crippen molar-refractivity contribution < 1.29 is 126 Å². The molecule has 0 amide bonds. The van der Waals surface area contributed by atoms with Crippen LogP contribution >= 0.6 is 37.1 Å². The second-order valence-corrected chi connectivity index (χ2v) is 4.28. The first-order chi connectivity index (χ1) is 7.24. The number of rotatable bonds is 2. The first-order valence-electron chi connectivity index (χ1n) is 4.92. The van der Waals surface area contributed by atoms with Crippen LogP contribution in [-0.2, 0) is 126 Å². The predicted molar refractivity (Wildman–Crippen MR) is 83.5 cm³/mol. The summed E-state index contributed by atoms with van der Waals surface area (Å²) in [5.74, 6) is 0. The molecule has 0 N–H and O–H groups in total. The van der Waals surface area contributed by atoms with Crippen molar-refractivity contribution in [2.45, 2.75) is 40.5 Å². The van der Waals surface area contributed by atoms with Gasteiger partial charge in [-0.1, -0.05) is 27.2 Å². The fourth-order valence-corrected chi connectivity index (χ4v) is 0. The number of halogens is 2. The van der Waals surface area contributed by atoms with Crippen LogP contribution < -0.4 is 0 Å². The van der Waals surface area contributed by atoms with Crippen LogP contribution in [0.25, 0.3) is 0 Å². The fraction of sp³-hybridized carbons (Fsp3) is 0.800. The first-order valence-corrected chi connectivity index (χ1v) is 11.5. The van der Waals surface area contributed by atoms with Gasteiger partial charge in [0, 0.05) is 86.9 Å². The molecule has 10 heteroatoms. The zero-order valence-electron chi connectivity index (χ0n) is 13.5. The molecule has 0 aromatic rings. The monoisotopic (exact) mass is 568 g/mol. The Morgan fingerprint density at radius 2 is 0.800 bits per heavy atom. The maximum absolute atomic E-state index is 4.89. The summed E-state index contributed by atoms with van der Waals surface area (Å²) in [5, 5.41) is 0. The quantitative estimate of drug-likeness (QED) is 0.232. The molecule has 0 bridgehead atoms. The van der Waals surface area contributed by atoms with Crippen LogP contribution in [0.1, 0.15) is 40.5 Å². The summed E-state index contributed by atoms with van der Waals surface area (Å²) in [4.78, 5) is 0. The zero-order chi connectivity index (χ0) is 13.5. The largest absolute Gasteiger partial charge is 2.00 e. The van der Waals surface area contributed by atoms with Gasteiger partial charge in [0.1, 0.15) is 0 Å². The molecule has 2 unspecified atom stereocenters. The Hall–Kier alpha value is 5.73. The molecule has 0 aliphatic carbocycles. The first kappa shape index (κ1) is 63.6. The van der Waals surface area contributed by atoms with E-state index in [1.165, 1.54) is 12.8 Å². The van der Waals surface area contributed by atoms with Crippen molar-refractivity contribution in [3.05, 3.63) is 12.8 Å². The van der Waals surface area contributed by atoms with Crippen molar-refractivity contribution in [1.29, 1.82) is 0 Å². The van der Waals surface area contributed by atoms with Gasteiger partial charge in [-0.25, -0.2) is 0 Å². The Balaban J connectivity index is -0.00000000755. The van der Waals surface area contributed by atoms with Gasteiger partial charge in [0.05, 0.1) is 0 Å². The molecule has 0 saturated heterocycles. The minimum Gasteiger partial charge on any atom is 0 e. The molecule has 116 valence electrons. The summed E-state index contributed by atoms with van der Waals surface area (Å²) in [7, 11) is 14.6. The topological polar surface area (TPSA) is 0 Å². The molecule has 20 heavy (non-hydrogen) atoms. The zero-order valence-corrected chi connectivity index (χ0v) is 26.7. The van der Waals surface area contributed by atoms with E-state index in [9.17, 15) is 0 Å². The van der Waals surface area contributed by atoms with Gasteiger partial charge >= 0.3 is 57.4 Å². The van der Waals surface area contributed by atoms with Gasteiger partial charge in [0.25, 0.3) is 0 Å². The van der Waals surface area contributed by atoms with Crippen molar-refractivity contribution in [2.75, 3.05) is 13.3 Å². The second kappa shape index (κ2) is 121. The van der Waals surface area contributed by atoms with E-state index in [1.807, 2.05) is 13.3 Å². The average Bonchev–Trinajstić information content (AvgIpc) is 2.35. The van der Waals surface area contributed by atoms with Crippen molar-refractivity contribution in [2.24, 2.45) is 0 Å². The maximum Gasteiger partial charge on any atom is 2.00 e. The van der Waals surface area contributed by atoms with E-state index in [1.54, 1.807) is 0 Å². The van der Waals surface area contributed by atoms with Crippen LogP contribution in [-0.4, -0.2) is 13.3 Å². The number of hydrogen-bond donors (Lipinski definition) is 0. The van der Waals surface area contributed by atoms with Crippen LogP contribution in [0.3, 0.4) is 0 Å². The Morgan fingerprint density at radius 3 is 0.800 bits per heavy atom. The summed E-state index contributed by atoms with van der Waals surface area (Å²) in [6, 6.07) is 0. The van der Waals surface area contributed by atoms with Crippen molar-refractivity contribution in [1.82, 2.24) is 0 Å². The van der Waals surface area contributed by atoms with E-state index in [0.717, 1.165) is 0 Å². The van der Waals surface area contributed by atoms with E-state index < -0.39 is 17.0 Å². The van der Waals surface area contributed by atoms with Gasteiger partial charge in [-0.05, 0) is 0 Å². The molecular weight excluding hydrogens is 540 g/mol. The van der Waals surface area contributed by atoms with Crippen LogP contribution in [0.2, 0.25) is 0 Å². The van der Waals surface area contributed by atoms with Gasteiger partial charge < -0.3 is 12.8 Å². The molecular formula is C10H28Cl2P2Ti6. The molecule has 2 atom stereocenters. The summed E-state index contributed by atoms with van der Waals surface area (Å²) in [5.41, 5.74) is 0. The van der Waals surface area contributed by atoms with Gasteiger partial charge in [-0.15, -0.1) is 18.5 Å².